The van der Waals surface area contributed by atoms with Crippen molar-refractivity contribution in [2.45, 2.75) is 418 Å². The predicted octanol–water partition coefficient (Wildman–Crippen LogP) is 26.7. The van der Waals surface area contributed by atoms with Crippen molar-refractivity contribution >= 4 is 19.8 Å². The van der Waals surface area contributed by atoms with Gasteiger partial charge in [0.1, 0.15) is 19.8 Å². The third-order valence-electron chi connectivity index (χ3n) is 18.5. The number of ether oxygens (including phenoxy) is 2. The Labute approximate surface area is 585 Å². The van der Waals surface area contributed by atoms with Gasteiger partial charge in [0.15, 0.2) is 6.10 Å². The number of nitrogens with zero attached hydrogens (tertiary/aromatic N) is 1. The first-order valence-corrected chi connectivity index (χ1v) is 42.5. The van der Waals surface area contributed by atoms with Crippen LogP contribution in [0.5, 0.6) is 0 Å². The summed E-state index contributed by atoms with van der Waals surface area (Å²) in [6.45, 7) is 4.20. The Morgan fingerprint density at radius 2 is 0.606 bits per heavy atom. The second-order valence-corrected chi connectivity index (χ2v) is 30.5. The number of quaternary nitrogens is 1. The fourth-order valence-corrected chi connectivity index (χ4v) is 13.0. The fraction of sp³-hybridized carbons (Fsp3) is 0.857. The lowest BCUT2D eigenvalue weighted by Gasteiger charge is -2.28. The van der Waals surface area contributed by atoms with Gasteiger partial charge in [-0.05, 0) is 77.0 Å². The smallest absolute Gasteiger partial charge is 0.306 e. The average Bonchev–Trinajstić information content (AvgIpc) is 1.56. The molecule has 0 aromatic heterocycles. The summed E-state index contributed by atoms with van der Waals surface area (Å²) in [6.07, 6.45) is 101. The van der Waals surface area contributed by atoms with Crippen LogP contribution in [0.4, 0.5) is 0 Å². The van der Waals surface area contributed by atoms with Crippen molar-refractivity contribution in [1.82, 2.24) is 0 Å². The molecule has 94 heavy (non-hydrogen) atoms. The number of phosphoric ester groups is 1. The molecular weight excluding hydrogens is 1180 g/mol. The molecule has 0 aromatic rings. The van der Waals surface area contributed by atoms with Gasteiger partial charge in [-0.25, -0.2) is 0 Å². The van der Waals surface area contributed by atoms with Crippen molar-refractivity contribution in [3.63, 3.8) is 0 Å². The quantitative estimate of drug-likeness (QED) is 0.0195. The minimum Gasteiger partial charge on any atom is -0.756 e. The molecular formula is C84H158NO8P. The maximum atomic E-state index is 12.9. The molecule has 0 rings (SSSR count). The van der Waals surface area contributed by atoms with E-state index < -0.39 is 26.5 Å². The van der Waals surface area contributed by atoms with Crippen LogP contribution in [0.25, 0.3) is 0 Å². The molecule has 0 spiro atoms. The van der Waals surface area contributed by atoms with Gasteiger partial charge in [0.05, 0.1) is 27.7 Å². The van der Waals surface area contributed by atoms with Gasteiger partial charge in [0, 0.05) is 12.8 Å². The average molecular weight is 1340 g/mol. The van der Waals surface area contributed by atoms with Crippen LogP contribution >= 0.6 is 7.82 Å². The predicted molar refractivity (Wildman–Crippen MR) is 407 cm³/mol. The van der Waals surface area contributed by atoms with Crippen molar-refractivity contribution in [3.05, 3.63) is 60.8 Å². The molecule has 0 amide bonds. The van der Waals surface area contributed by atoms with Crippen LogP contribution in [0.1, 0.15) is 412 Å². The van der Waals surface area contributed by atoms with E-state index in [4.69, 9.17) is 18.5 Å². The van der Waals surface area contributed by atoms with Gasteiger partial charge in [-0.3, -0.25) is 14.2 Å². The summed E-state index contributed by atoms with van der Waals surface area (Å²) in [5.41, 5.74) is 0. The van der Waals surface area contributed by atoms with Crippen LogP contribution in [0, 0.1) is 0 Å². The van der Waals surface area contributed by atoms with E-state index in [2.05, 4.69) is 74.6 Å². The lowest BCUT2D eigenvalue weighted by Crippen LogP contribution is -2.37. The van der Waals surface area contributed by atoms with Gasteiger partial charge in [0.2, 0.25) is 0 Å². The van der Waals surface area contributed by atoms with Crippen LogP contribution in [0.2, 0.25) is 0 Å². The van der Waals surface area contributed by atoms with Crippen LogP contribution < -0.4 is 4.89 Å². The van der Waals surface area contributed by atoms with E-state index in [1.807, 2.05) is 21.1 Å². The van der Waals surface area contributed by atoms with Gasteiger partial charge < -0.3 is 27.9 Å². The Bertz CT molecular complexity index is 1770. The number of likely N-dealkylation sites (N-methyl/N-ethyl adjacent to an activating group) is 1. The van der Waals surface area contributed by atoms with E-state index in [0.717, 1.165) is 57.8 Å². The normalized spacial score (nSPS) is 13.3. The second-order valence-electron chi connectivity index (χ2n) is 29.1. The first-order chi connectivity index (χ1) is 46.0. The number of phosphoric acid groups is 1. The minimum absolute atomic E-state index is 0.0280. The van der Waals surface area contributed by atoms with E-state index in [1.54, 1.807) is 0 Å². The highest BCUT2D eigenvalue weighted by Crippen LogP contribution is 2.38. The Kier molecular flexibility index (Phi) is 73.1. The monoisotopic (exact) mass is 1340 g/mol. The zero-order chi connectivity index (χ0) is 68.3. The van der Waals surface area contributed by atoms with E-state index >= 15 is 0 Å². The van der Waals surface area contributed by atoms with Crippen molar-refractivity contribution in [2.75, 3.05) is 47.5 Å². The summed E-state index contributed by atoms with van der Waals surface area (Å²) in [7, 11) is 1.19. The molecule has 0 aliphatic carbocycles. The molecule has 552 valence electrons. The molecule has 2 atom stereocenters. The molecule has 2 unspecified atom stereocenters. The van der Waals surface area contributed by atoms with Gasteiger partial charge >= 0.3 is 11.9 Å². The number of unbranched alkanes of at least 4 members (excludes halogenated alkanes) is 53. The number of hydrogen-bond donors (Lipinski definition) is 0. The topological polar surface area (TPSA) is 111 Å². The van der Waals surface area contributed by atoms with Crippen molar-refractivity contribution in [3.8, 4) is 0 Å². The molecule has 0 saturated carbocycles. The third-order valence-corrected chi connectivity index (χ3v) is 19.5. The Morgan fingerprint density at radius 1 is 0.340 bits per heavy atom. The lowest BCUT2D eigenvalue weighted by molar-refractivity contribution is -0.870. The lowest BCUT2D eigenvalue weighted by atomic mass is 10.0. The SMILES string of the molecule is CC/C=C\C/C=C\C/C=C\C/C=C\CCCCCCCCCCCCCCCCCCCCCCCCCCC(=O)OC(COC(=O)CCCCCCCCCCCCCCCCCCCCCCC/C=C\CCCCCCCCCC)COP(=O)([O-])OCC[N+](C)(C)C. The van der Waals surface area contributed by atoms with Crippen molar-refractivity contribution in [2.24, 2.45) is 0 Å². The summed E-state index contributed by atoms with van der Waals surface area (Å²) in [4.78, 5) is 38.2. The number of allylic oxidation sites excluding steroid dienone is 10. The van der Waals surface area contributed by atoms with E-state index in [9.17, 15) is 19.0 Å². The molecule has 0 aromatic carbocycles. The second kappa shape index (κ2) is 74.9. The number of esters is 2. The molecule has 0 aliphatic rings. The molecule has 9 nitrogen and oxygen atoms in total. The molecule has 0 bridgehead atoms. The Balaban J connectivity index is 3.89. The summed E-state index contributed by atoms with van der Waals surface area (Å²) < 4.78 is 34.4. The van der Waals surface area contributed by atoms with Crippen molar-refractivity contribution in [1.29, 1.82) is 0 Å². The number of rotatable bonds is 77. The molecule has 10 heteroatoms. The minimum atomic E-state index is -4.64. The molecule has 0 heterocycles. The number of carbonyl (C=O) groups excluding carboxylic acids is 2. The zero-order valence-electron chi connectivity index (χ0n) is 63.2. The first-order valence-electron chi connectivity index (χ1n) is 41.0. The van der Waals surface area contributed by atoms with Crippen LogP contribution in [-0.2, 0) is 32.7 Å². The van der Waals surface area contributed by atoms with Gasteiger partial charge in [0.25, 0.3) is 7.82 Å². The third kappa shape index (κ3) is 78.7. The summed E-state index contributed by atoms with van der Waals surface area (Å²) in [5, 5.41) is 0. The van der Waals surface area contributed by atoms with Crippen LogP contribution in [0.3, 0.4) is 0 Å². The van der Waals surface area contributed by atoms with Crippen LogP contribution in [0.15, 0.2) is 60.8 Å². The molecule has 0 fully saturated rings. The highest BCUT2D eigenvalue weighted by molar-refractivity contribution is 7.45. The van der Waals surface area contributed by atoms with Gasteiger partial charge in [-0.2, -0.15) is 0 Å². The highest BCUT2D eigenvalue weighted by Gasteiger charge is 2.22. The number of carbonyl (C=O) groups is 2. The van der Waals surface area contributed by atoms with Gasteiger partial charge in [-0.15, -0.1) is 0 Å². The van der Waals surface area contributed by atoms with Crippen molar-refractivity contribution < 1.29 is 42.1 Å². The van der Waals surface area contributed by atoms with E-state index in [1.165, 1.54) is 321 Å². The number of hydrogen-bond acceptors (Lipinski definition) is 8. The molecule has 0 radical (unpaired) electrons. The largest absolute Gasteiger partial charge is 0.756 e. The van der Waals surface area contributed by atoms with E-state index in [0.29, 0.717) is 17.4 Å². The first kappa shape index (κ1) is 91.7. The molecule has 0 N–H and O–H groups in total. The molecule has 0 aliphatic heterocycles. The Hall–Kier alpha value is -2.29. The van der Waals surface area contributed by atoms with Gasteiger partial charge in [-0.1, -0.05) is 383 Å². The summed E-state index contributed by atoms with van der Waals surface area (Å²) in [5.74, 6) is -0.808. The highest BCUT2D eigenvalue weighted by atomic mass is 31.2. The maximum absolute atomic E-state index is 12.9. The van der Waals surface area contributed by atoms with E-state index in [-0.39, 0.29) is 32.0 Å². The fourth-order valence-electron chi connectivity index (χ4n) is 12.3. The molecule has 0 saturated heterocycles. The Morgan fingerprint density at radius 3 is 0.915 bits per heavy atom. The summed E-state index contributed by atoms with van der Waals surface area (Å²) in [6, 6.07) is 0. The zero-order valence-corrected chi connectivity index (χ0v) is 64.1. The maximum Gasteiger partial charge on any atom is 0.306 e. The standard InChI is InChI=1S/C84H158NO8P/c1-6-8-10-12-14-16-18-20-22-24-26-28-30-32-34-36-38-40-41-42-43-45-47-49-51-53-55-57-59-61-63-65-67-69-71-73-75-77-84(87)93-82(81-92-94(88,89)91-79-78-85(3,4)5)80-90-83(86)76-74-72-70-68-66-64-62-60-58-56-54-52-50-48-46-44-39-37-35-33-31-29-27-25-23-21-19-17-15-13-11-9-7-2/h8,10,14,16,20,22,25-28,82H,6-7,9,11-13,15,17-19,21,23-24,29-81H2,1-5H3/b10-8-,16-14-,22-20-,27-25-,28-26-. The summed E-state index contributed by atoms with van der Waals surface area (Å²) >= 11 is 0. The van der Waals surface area contributed by atoms with Crippen LogP contribution in [-0.4, -0.2) is 70.0 Å².